The van der Waals surface area contributed by atoms with Gasteiger partial charge in [0.25, 0.3) is 11.8 Å². The minimum atomic E-state index is -0.626. The van der Waals surface area contributed by atoms with E-state index < -0.39 is 17.8 Å². The molecule has 0 aromatic heterocycles. The van der Waals surface area contributed by atoms with Crippen molar-refractivity contribution in [3.8, 4) is 0 Å². The third-order valence-corrected chi connectivity index (χ3v) is 3.80. The Hall–Kier alpha value is -3.41. The van der Waals surface area contributed by atoms with Gasteiger partial charge >= 0.3 is 0 Å². The molecule has 134 valence electrons. The summed E-state index contributed by atoms with van der Waals surface area (Å²) in [6.45, 7) is 1.59. The van der Waals surface area contributed by atoms with Crippen LogP contribution in [0.3, 0.4) is 0 Å². The Morgan fingerprint density at radius 2 is 1.58 bits per heavy atom. The number of anilines is 1. The highest BCUT2D eigenvalue weighted by atomic mass is 16.2. The number of carbonyl (C=O) groups excluding carboxylic acids is 2. The van der Waals surface area contributed by atoms with Gasteiger partial charge in [0, 0.05) is 30.9 Å². The zero-order valence-corrected chi connectivity index (χ0v) is 15.1. The maximum absolute atomic E-state index is 12.7. The van der Waals surface area contributed by atoms with E-state index in [-0.39, 0.29) is 0 Å². The van der Waals surface area contributed by atoms with Crippen LogP contribution >= 0.6 is 0 Å². The van der Waals surface area contributed by atoms with E-state index in [9.17, 15) is 9.59 Å². The van der Waals surface area contributed by atoms with E-state index in [1.807, 2.05) is 43.3 Å². The average molecular weight is 350 g/mol. The molecule has 3 N–H and O–H groups in total. The summed E-state index contributed by atoms with van der Waals surface area (Å²) in [5.41, 5.74) is 7.95. The van der Waals surface area contributed by atoms with Crippen molar-refractivity contribution in [2.45, 2.75) is 6.92 Å². The van der Waals surface area contributed by atoms with E-state index >= 15 is 0 Å². The highest BCUT2D eigenvalue weighted by molar-refractivity contribution is 6.20. The van der Waals surface area contributed by atoms with Crippen molar-refractivity contribution < 1.29 is 9.59 Å². The second-order valence-corrected chi connectivity index (χ2v) is 6.01. The molecule has 2 rings (SSSR count). The third kappa shape index (κ3) is 4.36. The Morgan fingerprint density at radius 1 is 1.00 bits per heavy atom. The van der Waals surface area contributed by atoms with Crippen LogP contribution in [0.2, 0.25) is 0 Å². The van der Waals surface area contributed by atoms with Crippen molar-refractivity contribution in [2.24, 2.45) is 5.73 Å². The number of imide groups is 1. The molecule has 0 atom stereocenters. The van der Waals surface area contributed by atoms with Crippen molar-refractivity contribution in [3.63, 3.8) is 0 Å². The SMILES string of the molecule is C/C(=C\c1ccc(N(C)C)cc1)C(=O)N(C(=N)N)C(=O)c1ccccc1. The average Bonchev–Trinajstić information content (AvgIpc) is 2.62. The minimum Gasteiger partial charge on any atom is -0.378 e. The number of amides is 2. The maximum Gasteiger partial charge on any atom is 0.267 e. The highest BCUT2D eigenvalue weighted by Gasteiger charge is 2.26. The van der Waals surface area contributed by atoms with Crippen molar-refractivity contribution in [3.05, 3.63) is 71.3 Å². The highest BCUT2D eigenvalue weighted by Crippen LogP contribution is 2.16. The van der Waals surface area contributed by atoms with Gasteiger partial charge in [-0.15, -0.1) is 0 Å². The zero-order chi connectivity index (χ0) is 19.3. The van der Waals surface area contributed by atoms with Crippen molar-refractivity contribution in [1.29, 1.82) is 5.41 Å². The van der Waals surface area contributed by atoms with E-state index in [4.69, 9.17) is 11.1 Å². The maximum atomic E-state index is 12.7. The first-order chi connectivity index (χ1) is 12.3. The molecule has 0 unspecified atom stereocenters. The molecule has 26 heavy (non-hydrogen) atoms. The smallest absolute Gasteiger partial charge is 0.267 e. The lowest BCUT2D eigenvalue weighted by Crippen LogP contribution is -2.45. The summed E-state index contributed by atoms with van der Waals surface area (Å²) < 4.78 is 0. The quantitative estimate of drug-likeness (QED) is 0.504. The molecular weight excluding hydrogens is 328 g/mol. The number of carbonyl (C=O) groups is 2. The summed E-state index contributed by atoms with van der Waals surface area (Å²) in [5.74, 6) is -1.86. The second kappa shape index (κ2) is 8.11. The molecule has 0 bridgehead atoms. The van der Waals surface area contributed by atoms with Gasteiger partial charge in [-0.3, -0.25) is 15.0 Å². The van der Waals surface area contributed by atoms with Gasteiger partial charge in [0.1, 0.15) is 0 Å². The Bertz CT molecular complexity index is 840. The van der Waals surface area contributed by atoms with Gasteiger partial charge in [0.15, 0.2) is 0 Å². The Balaban J connectivity index is 2.27. The van der Waals surface area contributed by atoms with E-state index in [0.717, 1.165) is 11.3 Å². The molecule has 6 nitrogen and oxygen atoms in total. The molecule has 0 saturated carbocycles. The molecule has 0 fully saturated rings. The van der Waals surface area contributed by atoms with Crippen molar-refractivity contribution in [1.82, 2.24) is 4.90 Å². The predicted molar refractivity (Wildman–Crippen MR) is 104 cm³/mol. The fourth-order valence-electron chi connectivity index (χ4n) is 2.38. The Labute approximate surface area is 153 Å². The molecule has 2 amide bonds. The number of guanidine groups is 1. The lowest BCUT2D eigenvalue weighted by atomic mass is 10.1. The lowest BCUT2D eigenvalue weighted by molar-refractivity contribution is -0.121. The zero-order valence-electron chi connectivity index (χ0n) is 15.1. The number of hydrogen-bond acceptors (Lipinski definition) is 4. The molecule has 0 saturated heterocycles. The van der Waals surface area contributed by atoms with Crippen LogP contribution in [0, 0.1) is 5.41 Å². The number of nitrogens with two attached hydrogens (primary N) is 1. The third-order valence-electron chi connectivity index (χ3n) is 3.80. The van der Waals surface area contributed by atoms with Gasteiger partial charge in [0.05, 0.1) is 0 Å². The minimum absolute atomic E-state index is 0.291. The van der Waals surface area contributed by atoms with E-state index in [2.05, 4.69) is 0 Å². The van der Waals surface area contributed by atoms with E-state index in [1.165, 1.54) is 0 Å². The number of hydrogen-bond donors (Lipinski definition) is 2. The van der Waals surface area contributed by atoms with E-state index in [0.29, 0.717) is 16.0 Å². The van der Waals surface area contributed by atoms with Gasteiger partial charge in [-0.05, 0) is 42.8 Å². The summed E-state index contributed by atoms with van der Waals surface area (Å²) in [5, 5.41) is 7.64. The monoisotopic (exact) mass is 350 g/mol. The molecule has 0 radical (unpaired) electrons. The van der Waals surface area contributed by atoms with Gasteiger partial charge in [-0.25, -0.2) is 4.90 Å². The van der Waals surface area contributed by atoms with Crippen LogP contribution in [-0.2, 0) is 4.79 Å². The summed E-state index contributed by atoms with van der Waals surface area (Å²) in [6, 6.07) is 15.9. The first kappa shape index (κ1) is 18.9. The summed E-state index contributed by atoms with van der Waals surface area (Å²) in [4.78, 5) is 27.9. The fraction of sp³-hybridized carbons (Fsp3) is 0.150. The van der Waals surface area contributed by atoms with Gasteiger partial charge in [0.2, 0.25) is 5.96 Å². The first-order valence-electron chi connectivity index (χ1n) is 8.05. The molecule has 0 aliphatic rings. The first-order valence-corrected chi connectivity index (χ1v) is 8.05. The molecule has 0 spiro atoms. The van der Waals surface area contributed by atoms with Crippen LogP contribution in [-0.4, -0.2) is 36.8 Å². The fourth-order valence-corrected chi connectivity index (χ4v) is 2.38. The van der Waals surface area contributed by atoms with Crippen LogP contribution in [0.25, 0.3) is 6.08 Å². The largest absolute Gasteiger partial charge is 0.378 e. The topological polar surface area (TPSA) is 90.5 Å². The molecule has 2 aromatic rings. The number of nitrogens with one attached hydrogen (secondary N) is 1. The second-order valence-electron chi connectivity index (χ2n) is 6.01. The van der Waals surface area contributed by atoms with Crippen LogP contribution in [0.5, 0.6) is 0 Å². The predicted octanol–water partition coefficient (Wildman–Crippen LogP) is 2.72. The standard InChI is InChI=1S/C20H22N4O2/c1-14(13-15-9-11-17(12-10-15)23(2)3)18(25)24(20(21)22)19(26)16-7-5-4-6-8-16/h4-13H,1-3H3,(H3,21,22)/b14-13+. The molecule has 0 heterocycles. The van der Waals surface area contributed by atoms with Crippen molar-refractivity contribution in [2.75, 3.05) is 19.0 Å². The van der Waals surface area contributed by atoms with Gasteiger partial charge < -0.3 is 10.6 Å². The Morgan fingerprint density at radius 3 is 2.08 bits per heavy atom. The van der Waals surface area contributed by atoms with Gasteiger partial charge in [-0.2, -0.15) is 0 Å². The number of benzene rings is 2. The Kier molecular flexibility index (Phi) is 5.90. The van der Waals surface area contributed by atoms with Crippen molar-refractivity contribution >= 4 is 29.5 Å². The molecule has 0 aliphatic carbocycles. The summed E-state index contributed by atoms with van der Waals surface area (Å²) >= 11 is 0. The molecule has 2 aromatic carbocycles. The van der Waals surface area contributed by atoms with Crippen LogP contribution in [0.1, 0.15) is 22.8 Å². The lowest BCUT2D eigenvalue weighted by Gasteiger charge is -2.19. The molecular formula is C20H22N4O2. The summed E-state index contributed by atoms with van der Waals surface area (Å²) in [7, 11) is 3.89. The number of rotatable bonds is 4. The van der Waals surface area contributed by atoms with Crippen LogP contribution < -0.4 is 10.6 Å². The van der Waals surface area contributed by atoms with Crippen LogP contribution in [0.15, 0.2) is 60.2 Å². The normalized spacial score (nSPS) is 11.0. The van der Waals surface area contributed by atoms with Gasteiger partial charge in [-0.1, -0.05) is 30.3 Å². The molecule has 6 heteroatoms. The molecule has 0 aliphatic heterocycles. The van der Waals surface area contributed by atoms with Crippen LogP contribution in [0.4, 0.5) is 5.69 Å². The number of nitrogens with zero attached hydrogens (tertiary/aromatic N) is 2. The summed E-state index contributed by atoms with van der Waals surface area (Å²) in [6.07, 6.45) is 1.66. The van der Waals surface area contributed by atoms with E-state index in [1.54, 1.807) is 43.3 Å².